The van der Waals surface area contributed by atoms with E-state index in [9.17, 15) is 4.79 Å². The van der Waals surface area contributed by atoms with Gasteiger partial charge in [0.25, 0.3) is 0 Å². The molecule has 17 heavy (non-hydrogen) atoms. The molecule has 0 spiro atoms. The number of nitrogens with zero attached hydrogens (tertiary/aromatic N) is 1. The zero-order valence-corrected chi connectivity index (χ0v) is 11.7. The Kier molecular flexibility index (Phi) is 5.40. The molecular formula is C13H26N2O2. The first kappa shape index (κ1) is 14.5. The Morgan fingerprint density at radius 2 is 2.00 bits per heavy atom. The van der Waals surface area contributed by atoms with Crippen molar-refractivity contribution in [2.24, 2.45) is 0 Å². The molecule has 1 saturated heterocycles. The maximum Gasteiger partial charge on any atom is 0.323 e. The summed E-state index contributed by atoms with van der Waals surface area (Å²) in [6.07, 6.45) is 1.92. The Labute approximate surface area is 105 Å². The van der Waals surface area contributed by atoms with Crippen LogP contribution < -0.4 is 5.32 Å². The maximum absolute atomic E-state index is 11.7. The summed E-state index contributed by atoms with van der Waals surface area (Å²) in [5, 5.41) is 3.37. The van der Waals surface area contributed by atoms with Crippen LogP contribution in [0.3, 0.4) is 0 Å². The molecule has 1 N–H and O–H groups in total. The molecule has 4 heteroatoms. The normalized spacial score (nSPS) is 24.9. The van der Waals surface area contributed by atoms with Gasteiger partial charge in [0.2, 0.25) is 0 Å². The molecule has 2 atom stereocenters. The third-order valence-electron chi connectivity index (χ3n) is 3.27. The molecular weight excluding hydrogens is 216 g/mol. The molecule has 0 aromatic rings. The fourth-order valence-electron chi connectivity index (χ4n) is 2.02. The van der Waals surface area contributed by atoms with Crippen LogP contribution in [0.4, 0.5) is 0 Å². The van der Waals surface area contributed by atoms with Crippen LogP contribution in [-0.4, -0.2) is 48.7 Å². The first-order chi connectivity index (χ1) is 7.90. The molecule has 0 aromatic heterocycles. The summed E-state index contributed by atoms with van der Waals surface area (Å²) < 4.78 is 5.22. The molecule has 0 saturated carbocycles. The van der Waals surface area contributed by atoms with Crippen molar-refractivity contribution < 1.29 is 9.53 Å². The van der Waals surface area contributed by atoms with E-state index in [4.69, 9.17) is 4.74 Å². The van der Waals surface area contributed by atoms with E-state index in [1.54, 1.807) is 0 Å². The monoisotopic (exact) mass is 242 g/mol. The van der Waals surface area contributed by atoms with E-state index in [0.29, 0.717) is 12.1 Å². The van der Waals surface area contributed by atoms with Gasteiger partial charge in [0.1, 0.15) is 6.04 Å². The van der Waals surface area contributed by atoms with Gasteiger partial charge in [0.05, 0.1) is 6.10 Å². The van der Waals surface area contributed by atoms with Gasteiger partial charge in [-0.05, 0) is 47.6 Å². The van der Waals surface area contributed by atoms with Crippen LogP contribution in [0.1, 0.15) is 40.5 Å². The third-order valence-corrected chi connectivity index (χ3v) is 3.27. The van der Waals surface area contributed by atoms with Gasteiger partial charge in [0.15, 0.2) is 0 Å². The van der Waals surface area contributed by atoms with Crippen LogP contribution in [0.5, 0.6) is 0 Å². The number of ether oxygens (including phenoxy) is 1. The number of nitrogens with one attached hydrogen (secondary N) is 1. The number of carbonyl (C=O) groups is 1. The lowest BCUT2D eigenvalue weighted by molar-refractivity contribution is -0.149. The van der Waals surface area contributed by atoms with Crippen LogP contribution in [-0.2, 0) is 9.53 Å². The lowest BCUT2D eigenvalue weighted by atomic mass is 10.2. The summed E-state index contributed by atoms with van der Waals surface area (Å²) in [6, 6.07) is 0.841. The highest BCUT2D eigenvalue weighted by atomic mass is 16.5. The highest BCUT2D eigenvalue weighted by Crippen LogP contribution is 2.15. The topological polar surface area (TPSA) is 41.6 Å². The summed E-state index contributed by atoms with van der Waals surface area (Å²) in [5.41, 5.74) is 0. The van der Waals surface area contributed by atoms with Crippen molar-refractivity contribution in [1.29, 1.82) is 0 Å². The van der Waals surface area contributed by atoms with E-state index in [0.717, 1.165) is 19.4 Å². The van der Waals surface area contributed by atoms with Crippen LogP contribution >= 0.6 is 0 Å². The lowest BCUT2D eigenvalue weighted by Crippen LogP contribution is -2.43. The number of likely N-dealkylation sites (N-methyl/N-ethyl adjacent to an activating group) is 1. The number of carbonyl (C=O) groups excluding carboxylic acids is 1. The number of hydrogen-bond donors (Lipinski definition) is 1. The van der Waals surface area contributed by atoms with E-state index in [-0.39, 0.29) is 18.1 Å². The fraction of sp³-hybridized carbons (Fsp3) is 0.923. The van der Waals surface area contributed by atoms with Crippen molar-refractivity contribution in [3.8, 4) is 0 Å². The Hall–Kier alpha value is -0.610. The number of esters is 1. The van der Waals surface area contributed by atoms with E-state index in [2.05, 4.69) is 31.1 Å². The van der Waals surface area contributed by atoms with Gasteiger partial charge < -0.3 is 15.0 Å². The molecule has 1 aliphatic heterocycles. The van der Waals surface area contributed by atoms with Gasteiger partial charge in [-0.25, -0.2) is 0 Å². The molecule has 0 amide bonds. The molecule has 0 aromatic carbocycles. The van der Waals surface area contributed by atoms with Crippen molar-refractivity contribution in [2.75, 3.05) is 13.6 Å². The summed E-state index contributed by atoms with van der Waals surface area (Å²) in [5.74, 6) is -0.102. The van der Waals surface area contributed by atoms with Crippen molar-refractivity contribution in [3.63, 3.8) is 0 Å². The molecule has 1 heterocycles. The minimum Gasteiger partial charge on any atom is -0.462 e. The van der Waals surface area contributed by atoms with E-state index >= 15 is 0 Å². The zero-order valence-electron chi connectivity index (χ0n) is 11.7. The van der Waals surface area contributed by atoms with Gasteiger partial charge in [-0.15, -0.1) is 0 Å². The molecule has 4 nitrogen and oxygen atoms in total. The number of rotatable bonds is 5. The molecule has 0 aliphatic carbocycles. The predicted molar refractivity (Wildman–Crippen MR) is 68.9 cm³/mol. The molecule has 1 aliphatic rings. The van der Waals surface area contributed by atoms with Crippen LogP contribution in [0, 0.1) is 0 Å². The van der Waals surface area contributed by atoms with Gasteiger partial charge in [-0.2, -0.15) is 0 Å². The van der Waals surface area contributed by atoms with Crippen LogP contribution in [0.25, 0.3) is 0 Å². The Morgan fingerprint density at radius 1 is 1.35 bits per heavy atom. The Bertz CT molecular complexity index is 254. The van der Waals surface area contributed by atoms with Crippen molar-refractivity contribution >= 4 is 5.97 Å². The smallest absolute Gasteiger partial charge is 0.323 e. The number of hydrogen-bond acceptors (Lipinski definition) is 4. The second-order valence-electron chi connectivity index (χ2n) is 5.51. The van der Waals surface area contributed by atoms with Crippen LogP contribution in [0.15, 0.2) is 0 Å². The highest BCUT2D eigenvalue weighted by Gasteiger charge is 2.31. The molecule has 0 bridgehead atoms. The highest BCUT2D eigenvalue weighted by molar-refractivity contribution is 5.76. The first-order valence-electron chi connectivity index (χ1n) is 6.57. The molecule has 2 unspecified atom stereocenters. The third kappa shape index (κ3) is 4.64. The second-order valence-corrected chi connectivity index (χ2v) is 5.51. The molecule has 1 fully saturated rings. The summed E-state index contributed by atoms with van der Waals surface area (Å²) in [4.78, 5) is 14.0. The minimum absolute atomic E-state index is 0.0262. The Morgan fingerprint density at radius 3 is 2.53 bits per heavy atom. The van der Waals surface area contributed by atoms with E-state index < -0.39 is 0 Å². The molecule has 100 valence electrons. The fourth-order valence-corrected chi connectivity index (χ4v) is 2.02. The van der Waals surface area contributed by atoms with E-state index in [1.807, 2.05) is 13.8 Å². The first-order valence-corrected chi connectivity index (χ1v) is 6.57. The predicted octanol–water partition coefficient (Wildman–Crippen LogP) is 1.40. The van der Waals surface area contributed by atoms with Crippen LogP contribution in [0.2, 0.25) is 0 Å². The average molecular weight is 242 g/mol. The van der Waals surface area contributed by atoms with Gasteiger partial charge in [-0.1, -0.05) is 0 Å². The quantitative estimate of drug-likeness (QED) is 0.740. The van der Waals surface area contributed by atoms with Crippen molar-refractivity contribution in [3.05, 3.63) is 0 Å². The second kappa shape index (κ2) is 6.36. The zero-order chi connectivity index (χ0) is 13.0. The van der Waals surface area contributed by atoms with E-state index in [1.165, 1.54) is 0 Å². The lowest BCUT2D eigenvalue weighted by Gasteiger charge is -2.25. The summed E-state index contributed by atoms with van der Waals surface area (Å²) >= 11 is 0. The van der Waals surface area contributed by atoms with Gasteiger partial charge >= 0.3 is 5.97 Å². The largest absolute Gasteiger partial charge is 0.462 e. The maximum atomic E-state index is 11.7. The molecule has 0 radical (unpaired) electrons. The summed E-state index contributed by atoms with van der Waals surface area (Å²) in [7, 11) is 2.12. The van der Waals surface area contributed by atoms with Crippen molar-refractivity contribution in [1.82, 2.24) is 10.2 Å². The molecule has 1 rings (SSSR count). The average Bonchev–Trinajstić information content (AvgIpc) is 2.65. The summed E-state index contributed by atoms with van der Waals surface area (Å²) in [6.45, 7) is 9.12. The standard InChI is InChI=1S/C13H26N2O2/c1-9(2)15(5)8-11-6-7-12(14-11)13(16)17-10(3)4/h9-12,14H,6-8H2,1-5H3. The van der Waals surface area contributed by atoms with Gasteiger partial charge in [0, 0.05) is 18.6 Å². The van der Waals surface area contributed by atoms with Gasteiger partial charge in [-0.3, -0.25) is 4.79 Å². The minimum atomic E-state index is -0.108. The van der Waals surface area contributed by atoms with Crippen molar-refractivity contribution in [2.45, 2.75) is 64.8 Å². The SMILES string of the molecule is CC(C)OC(=O)C1CCC(CN(C)C(C)C)N1. The Balaban J connectivity index is 2.34.